The maximum Gasteiger partial charge on any atom is 0.303 e. The molecule has 2 fully saturated rings. The summed E-state index contributed by atoms with van der Waals surface area (Å²) >= 11 is 0. The van der Waals surface area contributed by atoms with Crippen molar-refractivity contribution in [2.75, 3.05) is 0 Å². The summed E-state index contributed by atoms with van der Waals surface area (Å²) in [7, 11) is 0. The molecule has 0 spiro atoms. The lowest BCUT2D eigenvalue weighted by Crippen LogP contribution is -2.49. The van der Waals surface area contributed by atoms with Gasteiger partial charge in [-0.05, 0) is 37.0 Å². The van der Waals surface area contributed by atoms with Crippen LogP contribution in [0.5, 0.6) is 0 Å². The predicted molar refractivity (Wildman–Crippen MR) is 64.0 cm³/mol. The monoisotopic (exact) mass is 224 g/mol. The molecule has 0 aromatic heterocycles. The Labute approximate surface area is 98.7 Å². The van der Waals surface area contributed by atoms with Crippen molar-refractivity contribution in [3.63, 3.8) is 0 Å². The normalized spacial score (nSPS) is 44.7. The van der Waals surface area contributed by atoms with Gasteiger partial charge in [0.2, 0.25) is 0 Å². The molecular formula is C14H24O2. The first kappa shape index (κ1) is 11.9. The Balaban J connectivity index is 2.41. The minimum Gasteiger partial charge on any atom is -0.459 e. The Bertz CT molecular complexity index is 321. The van der Waals surface area contributed by atoms with E-state index in [-0.39, 0.29) is 17.0 Å². The van der Waals surface area contributed by atoms with Crippen LogP contribution in [0.1, 0.15) is 60.3 Å². The first-order valence-electron chi connectivity index (χ1n) is 6.49. The highest BCUT2D eigenvalue weighted by Crippen LogP contribution is 2.71. The molecule has 0 aliphatic heterocycles. The molecule has 92 valence electrons. The molecule has 0 heterocycles. The van der Waals surface area contributed by atoms with Gasteiger partial charge in [0.05, 0.1) is 0 Å². The van der Waals surface area contributed by atoms with E-state index in [0.717, 1.165) is 18.8 Å². The van der Waals surface area contributed by atoms with E-state index in [0.29, 0.717) is 5.41 Å². The lowest BCUT2D eigenvalue weighted by atomic mass is 9.63. The number of ether oxygens (including phenoxy) is 1. The molecule has 0 amide bonds. The molecule has 16 heavy (non-hydrogen) atoms. The molecule has 0 aromatic carbocycles. The molecule has 2 saturated carbocycles. The van der Waals surface area contributed by atoms with Gasteiger partial charge in [-0.2, -0.15) is 0 Å². The molecule has 0 N–H and O–H groups in total. The van der Waals surface area contributed by atoms with Gasteiger partial charge in [-0.15, -0.1) is 0 Å². The quantitative estimate of drug-likeness (QED) is 0.671. The van der Waals surface area contributed by atoms with Gasteiger partial charge in [0.15, 0.2) is 0 Å². The van der Waals surface area contributed by atoms with Crippen molar-refractivity contribution in [3.8, 4) is 0 Å². The maximum atomic E-state index is 11.4. The number of fused-ring (bicyclic) bond motifs is 2. The third-order valence-electron chi connectivity index (χ3n) is 5.93. The highest BCUT2D eigenvalue weighted by atomic mass is 16.6. The van der Waals surface area contributed by atoms with E-state index in [2.05, 4.69) is 27.7 Å². The predicted octanol–water partition coefficient (Wildman–Crippen LogP) is 3.54. The number of esters is 1. The summed E-state index contributed by atoms with van der Waals surface area (Å²) in [6.45, 7) is 10.7. The standard InChI is InChI=1S/C14H24O2/c1-6-14(16-10(2)15)9-11-7-8-13(14,5)12(11,3)4/h11H,6-9H2,1-5H3. The molecule has 0 aromatic rings. The summed E-state index contributed by atoms with van der Waals surface area (Å²) < 4.78 is 5.78. The molecule has 3 unspecified atom stereocenters. The fraction of sp³-hybridized carbons (Fsp3) is 0.929. The SMILES string of the molecule is CCC1(OC(C)=O)CC2CCC1(C)C2(C)C. The third kappa shape index (κ3) is 1.16. The first-order chi connectivity index (χ1) is 7.29. The van der Waals surface area contributed by atoms with Crippen LogP contribution in [-0.4, -0.2) is 11.6 Å². The summed E-state index contributed by atoms with van der Waals surface area (Å²) in [5.74, 6) is 0.600. The van der Waals surface area contributed by atoms with Crippen LogP contribution in [0.2, 0.25) is 0 Å². The fourth-order valence-electron chi connectivity index (χ4n) is 4.43. The smallest absolute Gasteiger partial charge is 0.303 e. The molecule has 0 radical (unpaired) electrons. The second kappa shape index (κ2) is 3.24. The molecular weight excluding hydrogens is 200 g/mol. The Morgan fingerprint density at radius 1 is 1.38 bits per heavy atom. The van der Waals surface area contributed by atoms with E-state index in [1.54, 1.807) is 6.92 Å². The number of carbonyl (C=O) groups is 1. The van der Waals surface area contributed by atoms with Crippen LogP contribution in [0.15, 0.2) is 0 Å². The van der Waals surface area contributed by atoms with Gasteiger partial charge in [0.1, 0.15) is 5.60 Å². The summed E-state index contributed by atoms with van der Waals surface area (Å²) in [6.07, 6.45) is 4.51. The van der Waals surface area contributed by atoms with Crippen LogP contribution in [0, 0.1) is 16.7 Å². The Kier molecular flexibility index (Phi) is 2.42. The minimum atomic E-state index is -0.203. The van der Waals surface area contributed by atoms with Crippen LogP contribution in [-0.2, 0) is 9.53 Å². The largest absolute Gasteiger partial charge is 0.459 e. The minimum absolute atomic E-state index is 0.119. The van der Waals surface area contributed by atoms with Gasteiger partial charge in [0, 0.05) is 12.3 Å². The summed E-state index contributed by atoms with van der Waals surface area (Å²) in [4.78, 5) is 11.4. The van der Waals surface area contributed by atoms with Gasteiger partial charge in [-0.25, -0.2) is 0 Å². The number of hydrogen-bond acceptors (Lipinski definition) is 2. The first-order valence-corrected chi connectivity index (χ1v) is 6.49. The Morgan fingerprint density at radius 2 is 2.00 bits per heavy atom. The number of rotatable bonds is 2. The third-order valence-corrected chi connectivity index (χ3v) is 5.93. The number of carbonyl (C=O) groups excluding carboxylic acids is 1. The van der Waals surface area contributed by atoms with Gasteiger partial charge >= 0.3 is 5.97 Å². The van der Waals surface area contributed by atoms with Gasteiger partial charge in [0.25, 0.3) is 0 Å². The molecule has 2 heteroatoms. The zero-order valence-electron chi connectivity index (χ0n) is 11.2. The van der Waals surface area contributed by atoms with Crippen LogP contribution in [0.3, 0.4) is 0 Å². The number of hydrogen-bond donors (Lipinski definition) is 0. The fourth-order valence-corrected chi connectivity index (χ4v) is 4.43. The van der Waals surface area contributed by atoms with Crippen molar-refractivity contribution in [2.24, 2.45) is 16.7 Å². The molecule has 2 aliphatic carbocycles. The lowest BCUT2D eigenvalue weighted by molar-refractivity contribution is -0.177. The molecule has 3 atom stereocenters. The van der Waals surface area contributed by atoms with Crippen LogP contribution >= 0.6 is 0 Å². The Morgan fingerprint density at radius 3 is 2.31 bits per heavy atom. The molecule has 2 nitrogen and oxygen atoms in total. The second-order valence-corrected chi connectivity index (χ2v) is 6.44. The van der Waals surface area contributed by atoms with Crippen molar-refractivity contribution in [1.29, 1.82) is 0 Å². The van der Waals surface area contributed by atoms with Crippen LogP contribution in [0.4, 0.5) is 0 Å². The van der Waals surface area contributed by atoms with E-state index in [1.807, 2.05) is 0 Å². The maximum absolute atomic E-state index is 11.4. The Hall–Kier alpha value is -0.530. The van der Waals surface area contributed by atoms with Crippen molar-refractivity contribution >= 4 is 5.97 Å². The van der Waals surface area contributed by atoms with E-state index in [9.17, 15) is 4.79 Å². The molecule has 2 aliphatic rings. The topological polar surface area (TPSA) is 26.3 Å². The zero-order chi connectivity index (χ0) is 12.2. The molecule has 0 saturated heterocycles. The van der Waals surface area contributed by atoms with Gasteiger partial charge in [-0.1, -0.05) is 27.7 Å². The van der Waals surface area contributed by atoms with Crippen LogP contribution < -0.4 is 0 Å². The van der Waals surface area contributed by atoms with Crippen molar-refractivity contribution in [2.45, 2.75) is 65.9 Å². The van der Waals surface area contributed by atoms with E-state index < -0.39 is 0 Å². The van der Waals surface area contributed by atoms with Crippen LogP contribution in [0.25, 0.3) is 0 Å². The van der Waals surface area contributed by atoms with E-state index >= 15 is 0 Å². The zero-order valence-corrected chi connectivity index (χ0v) is 11.2. The highest BCUT2D eigenvalue weighted by Gasteiger charge is 2.69. The summed E-state index contributed by atoms with van der Waals surface area (Å²) in [5, 5.41) is 0. The average molecular weight is 224 g/mol. The molecule has 2 bridgehead atoms. The van der Waals surface area contributed by atoms with Crippen molar-refractivity contribution in [3.05, 3.63) is 0 Å². The van der Waals surface area contributed by atoms with Gasteiger partial charge in [-0.3, -0.25) is 4.79 Å². The molecule has 2 rings (SSSR count). The summed E-state index contributed by atoms with van der Waals surface area (Å²) in [6, 6.07) is 0. The summed E-state index contributed by atoms with van der Waals surface area (Å²) in [5.41, 5.74) is 0.259. The average Bonchev–Trinajstić information content (AvgIpc) is 2.48. The van der Waals surface area contributed by atoms with Crippen molar-refractivity contribution < 1.29 is 9.53 Å². The lowest BCUT2D eigenvalue weighted by Gasteiger charge is -2.47. The van der Waals surface area contributed by atoms with E-state index in [4.69, 9.17) is 4.74 Å². The van der Waals surface area contributed by atoms with Crippen molar-refractivity contribution in [1.82, 2.24) is 0 Å². The highest BCUT2D eigenvalue weighted by molar-refractivity contribution is 5.67. The van der Waals surface area contributed by atoms with Gasteiger partial charge < -0.3 is 4.74 Å². The second-order valence-electron chi connectivity index (χ2n) is 6.44. The van der Waals surface area contributed by atoms with E-state index in [1.165, 1.54) is 12.8 Å².